The van der Waals surface area contributed by atoms with E-state index in [-0.39, 0.29) is 18.0 Å². The molecule has 0 heterocycles. The lowest BCUT2D eigenvalue weighted by Gasteiger charge is -2.26. The molecule has 0 saturated carbocycles. The Balaban J connectivity index is 2.88. The second-order valence-corrected chi connectivity index (χ2v) is 4.17. The van der Waals surface area contributed by atoms with Crippen LogP contribution in [-0.4, -0.2) is 19.8 Å². The van der Waals surface area contributed by atoms with Crippen LogP contribution in [0, 0.1) is 5.82 Å². The highest BCUT2D eigenvalue weighted by Crippen LogP contribution is 2.22. The van der Waals surface area contributed by atoms with Crippen molar-refractivity contribution in [3.63, 3.8) is 0 Å². The van der Waals surface area contributed by atoms with Crippen LogP contribution in [0.2, 0.25) is 0 Å². The van der Waals surface area contributed by atoms with E-state index in [1.54, 1.807) is 19.2 Å². The Morgan fingerprint density at radius 2 is 2.12 bits per heavy atom. The van der Waals surface area contributed by atoms with Crippen LogP contribution in [0.5, 0.6) is 0 Å². The molecule has 96 valence electrons. The lowest BCUT2D eigenvalue weighted by atomic mass is 9.99. The van der Waals surface area contributed by atoms with Crippen molar-refractivity contribution in [3.8, 4) is 0 Å². The minimum absolute atomic E-state index is 0.0562. The maximum Gasteiger partial charge on any atom is 0.123 e. The molecule has 1 aromatic rings. The topological polar surface area (TPSA) is 21.3 Å². The number of methoxy groups -OCH3 is 1. The van der Waals surface area contributed by atoms with Gasteiger partial charge in [-0.25, -0.2) is 4.39 Å². The zero-order chi connectivity index (χ0) is 12.7. The molecule has 0 bridgehead atoms. The summed E-state index contributed by atoms with van der Waals surface area (Å²) in [5.74, 6) is -0.197. The summed E-state index contributed by atoms with van der Waals surface area (Å²) in [6.07, 6.45) is 2.02. The summed E-state index contributed by atoms with van der Waals surface area (Å²) in [5, 5.41) is 3.42. The maximum absolute atomic E-state index is 13.3. The van der Waals surface area contributed by atoms with E-state index in [0.717, 1.165) is 24.9 Å². The van der Waals surface area contributed by atoms with Crippen LogP contribution in [0.4, 0.5) is 4.39 Å². The SMILES string of the molecule is CCCNC(c1cccc(F)c1)C(CC)OC. The van der Waals surface area contributed by atoms with Crippen LogP contribution in [0.25, 0.3) is 0 Å². The molecule has 2 nitrogen and oxygen atoms in total. The fourth-order valence-corrected chi connectivity index (χ4v) is 2.00. The van der Waals surface area contributed by atoms with E-state index in [1.165, 1.54) is 6.07 Å². The number of ether oxygens (including phenoxy) is 1. The van der Waals surface area contributed by atoms with E-state index in [0.29, 0.717) is 0 Å². The summed E-state index contributed by atoms with van der Waals surface area (Å²) in [5.41, 5.74) is 0.951. The first kappa shape index (κ1) is 14.1. The third kappa shape index (κ3) is 4.10. The normalized spacial score (nSPS) is 14.6. The molecule has 0 saturated heterocycles. The van der Waals surface area contributed by atoms with E-state index < -0.39 is 0 Å². The van der Waals surface area contributed by atoms with Gasteiger partial charge in [0.15, 0.2) is 0 Å². The summed E-state index contributed by atoms with van der Waals surface area (Å²) in [6.45, 7) is 5.10. The summed E-state index contributed by atoms with van der Waals surface area (Å²) in [4.78, 5) is 0. The van der Waals surface area contributed by atoms with Crippen molar-refractivity contribution in [2.75, 3.05) is 13.7 Å². The van der Waals surface area contributed by atoms with E-state index in [9.17, 15) is 4.39 Å². The summed E-state index contributed by atoms with van der Waals surface area (Å²) in [7, 11) is 1.70. The molecule has 17 heavy (non-hydrogen) atoms. The monoisotopic (exact) mass is 239 g/mol. The van der Waals surface area contributed by atoms with Crippen molar-refractivity contribution in [1.82, 2.24) is 5.32 Å². The molecular formula is C14H22FNO. The van der Waals surface area contributed by atoms with Crippen LogP contribution in [0.15, 0.2) is 24.3 Å². The average molecular weight is 239 g/mol. The van der Waals surface area contributed by atoms with Gasteiger partial charge in [0, 0.05) is 7.11 Å². The lowest BCUT2D eigenvalue weighted by molar-refractivity contribution is 0.0650. The molecule has 0 radical (unpaired) electrons. The predicted octanol–water partition coefficient (Wildman–Crippen LogP) is 3.29. The predicted molar refractivity (Wildman–Crippen MR) is 68.5 cm³/mol. The Morgan fingerprint density at radius 1 is 1.35 bits per heavy atom. The fraction of sp³-hybridized carbons (Fsp3) is 0.571. The van der Waals surface area contributed by atoms with Crippen LogP contribution >= 0.6 is 0 Å². The number of hydrogen-bond donors (Lipinski definition) is 1. The molecule has 0 aromatic heterocycles. The van der Waals surface area contributed by atoms with Gasteiger partial charge in [0.25, 0.3) is 0 Å². The van der Waals surface area contributed by atoms with Crippen LogP contribution in [0.1, 0.15) is 38.3 Å². The van der Waals surface area contributed by atoms with Crippen LogP contribution < -0.4 is 5.32 Å². The summed E-state index contributed by atoms with van der Waals surface area (Å²) < 4.78 is 18.7. The Hall–Kier alpha value is -0.930. The highest BCUT2D eigenvalue weighted by atomic mass is 19.1. The van der Waals surface area contributed by atoms with Crippen molar-refractivity contribution in [1.29, 1.82) is 0 Å². The Labute approximate surface area is 103 Å². The number of hydrogen-bond acceptors (Lipinski definition) is 2. The largest absolute Gasteiger partial charge is 0.379 e. The average Bonchev–Trinajstić information content (AvgIpc) is 2.34. The number of halogens is 1. The molecule has 2 atom stereocenters. The molecule has 1 aromatic carbocycles. The standard InChI is InChI=1S/C14H22FNO/c1-4-9-16-14(13(5-2)17-3)11-7-6-8-12(15)10-11/h6-8,10,13-14,16H,4-5,9H2,1-3H3. The lowest BCUT2D eigenvalue weighted by Crippen LogP contribution is -2.33. The second kappa shape index (κ2) is 7.41. The molecule has 1 N–H and O–H groups in total. The summed E-state index contributed by atoms with van der Waals surface area (Å²) >= 11 is 0. The van der Waals surface area contributed by atoms with Gasteiger partial charge in [-0.3, -0.25) is 0 Å². The first-order chi connectivity index (χ1) is 8.22. The molecule has 0 aliphatic heterocycles. The van der Waals surface area contributed by atoms with Gasteiger partial charge in [-0.2, -0.15) is 0 Å². The second-order valence-electron chi connectivity index (χ2n) is 4.17. The Morgan fingerprint density at radius 3 is 2.65 bits per heavy atom. The van der Waals surface area contributed by atoms with Gasteiger partial charge >= 0.3 is 0 Å². The number of rotatable bonds is 7. The third-order valence-corrected chi connectivity index (χ3v) is 2.90. The van der Waals surface area contributed by atoms with Gasteiger partial charge in [0.2, 0.25) is 0 Å². The molecule has 2 unspecified atom stereocenters. The van der Waals surface area contributed by atoms with Crippen molar-refractivity contribution in [2.45, 2.75) is 38.8 Å². The highest BCUT2D eigenvalue weighted by molar-refractivity contribution is 5.21. The zero-order valence-electron chi connectivity index (χ0n) is 10.9. The van der Waals surface area contributed by atoms with Gasteiger partial charge in [-0.1, -0.05) is 26.0 Å². The minimum Gasteiger partial charge on any atom is -0.379 e. The van der Waals surface area contributed by atoms with E-state index in [2.05, 4.69) is 19.2 Å². The van der Waals surface area contributed by atoms with Crippen molar-refractivity contribution in [2.24, 2.45) is 0 Å². The molecule has 1 rings (SSSR count). The van der Waals surface area contributed by atoms with Gasteiger partial charge in [-0.05, 0) is 37.1 Å². The molecule has 0 aliphatic carbocycles. The van der Waals surface area contributed by atoms with E-state index in [4.69, 9.17) is 4.74 Å². The van der Waals surface area contributed by atoms with Crippen molar-refractivity contribution in [3.05, 3.63) is 35.6 Å². The summed E-state index contributed by atoms with van der Waals surface area (Å²) in [6, 6.07) is 6.79. The van der Waals surface area contributed by atoms with Crippen LogP contribution in [0.3, 0.4) is 0 Å². The fourth-order valence-electron chi connectivity index (χ4n) is 2.00. The van der Waals surface area contributed by atoms with E-state index >= 15 is 0 Å². The molecule has 0 fully saturated rings. The maximum atomic E-state index is 13.3. The van der Waals surface area contributed by atoms with Gasteiger partial charge in [0.05, 0.1) is 12.1 Å². The van der Waals surface area contributed by atoms with Crippen molar-refractivity contribution < 1.29 is 9.13 Å². The smallest absolute Gasteiger partial charge is 0.123 e. The Kier molecular flexibility index (Phi) is 6.16. The minimum atomic E-state index is -0.197. The van der Waals surface area contributed by atoms with Gasteiger partial charge in [-0.15, -0.1) is 0 Å². The first-order valence-electron chi connectivity index (χ1n) is 6.24. The molecule has 0 spiro atoms. The number of nitrogens with one attached hydrogen (secondary N) is 1. The molecule has 3 heteroatoms. The Bertz CT molecular complexity index is 326. The number of benzene rings is 1. The van der Waals surface area contributed by atoms with Crippen LogP contribution in [-0.2, 0) is 4.74 Å². The third-order valence-electron chi connectivity index (χ3n) is 2.90. The van der Waals surface area contributed by atoms with Gasteiger partial charge in [0.1, 0.15) is 5.82 Å². The quantitative estimate of drug-likeness (QED) is 0.788. The molecule has 0 amide bonds. The van der Waals surface area contributed by atoms with Gasteiger partial charge < -0.3 is 10.1 Å². The first-order valence-corrected chi connectivity index (χ1v) is 6.24. The van der Waals surface area contributed by atoms with Crippen molar-refractivity contribution >= 4 is 0 Å². The highest BCUT2D eigenvalue weighted by Gasteiger charge is 2.20. The molecular weight excluding hydrogens is 217 g/mol. The van der Waals surface area contributed by atoms with E-state index in [1.807, 2.05) is 6.07 Å². The molecule has 0 aliphatic rings. The zero-order valence-corrected chi connectivity index (χ0v) is 10.9.